The summed E-state index contributed by atoms with van der Waals surface area (Å²) in [6, 6.07) is 11.8. The van der Waals surface area contributed by atoms with Crippen molar-refractivity contribution in [1.29, 1.82) is 0 Å². The van der Waals surface area contributed by atoms with Crippen LogP contribution >= 0.6 is 11.8 Å². The van der Waals surface area contributed by atoms with Gasteiger partial charge in [0.05, 0.1) is 19.7 Å². The minimum absolute atomic E-state index is 0.431. The second-order valence-corrected chi connectivity index (χ2v) is 5.92. The third kappa shape index (κ3) is 4.74. The van der Waals surface area contributed by atoms with Crippen molar-refractivity contribution >= 4 is 28.5 Å². The lowest BCUT2D eigenvalue weighted by molar-refractivity contribution is 0.356. The molecule has 3 rings (SSSR count). The molecule has 0 unspecified atom stereocenters. The highest BCUT2D eigenvalue weighted by atomic mass is 32.2. The van der Waals surface area contributed by atoms with E-state index in [1.807, 2.05) is 12.1 Å². The molecule has 0 bridgehead atoms. The summed E-state index contributed by atoms with van der Waals surface area (Å²) in [6.07, 6.45) is 3.49. The molecule has 25 heavy (non-hydrogen) atoms. The van der Waals surface area contributed by atoms with E-state index in [0.29, 0.717) is 23.9 Å². The first-order valence-corrected chi connectivity index (χ1v) is 8.80. The van der Waals surface area contributed by atoms with Crippen LogP contribution in [-0.4, -0.2) is 30.4 Å². The molecule has 0 fully saturated rings. The average Bonchev–Trinajstić information content (AvgIpc) is 2.67. The van der Waals surface area contributed by atoms with Gasteiger partial charge in [0.1, 0.15) is 12.1 Å². The van der Waals surface area contributed by atoms with Crippen LogP contribution in [0.4, 0.5) is 5.82 Å². The molecule has 0 atom stereocenters. The van der Waals surface area contributed by atoms with Gasteiger partial charge in [0, 0.05) is 22.9 Å². The fourth-order valence-electron chi connectivity index (χ4n) is 2.20. The number of thioether (sulfide) groups is 1. The van der Waals surface area contributed by atoms with E-state index in [4.69, 9.17) is 20.9 Å². The van der Waals surface area contributed by atoms with E-state index in [2.05, 4.69) is 28.4 Å². The first-order valence-electron chi connectivity index (χ1n) is 7.58. The number of methoxy groups -OCH3 is 2. The Kier molecular flexibility index (Phi) is 6.85. The fraction of sp³-hybridized carbons (Fsp3) is 0.222. The van der Waals surface area contributed by atoms with E-state index in [-0.39, 0.29) is 0 Å². The zero-order valence-electron chi connectivity index (χ0n) is 14.5. The smallest absolute Gasteiger partial charge is 0.162 e. The third-order valence-electron chi connectivity index (χ3n) is 3.54. The Balaban J connectivity index is 0.000000196. The summed E-state index contributed by atoms with van der Waals surface area (Å²) in [6.45, 7) is 0.633. The van der Waals surface area contributed by atoms with Crippen LogP contribution in [0, 0.1) is 0 Å². The molecule has 0 aliphatic heterocycles. The van der Waals surface area contributed by atoms with Gasteiger partial charge in [-0.2, -0.15) is 0 Å². The van der Waals surface area contributed by atoms with Gasteiger partial charge >= 0.3 is 0 Å². The molecule has 1 heterocycles. The van der Waals surface area contributed by atoms with Crippen LogP contribution in [0.3, 0.4) is 0 Å². The van der Waals surface area contributed by atoms with Crippen molar-refractivity contribution in [2.24, 2.45) is 5.73 Å². The number of nitrogen functional groups attached to an aromatic ring is 1. The Hall–Kier alpha value is -2.51. The molecule has 3 aromatic rings. The van der Waals surface area contributed by atoms with Gasteiger partial charge in [0.25, 0.3) is 0 Å². The number of hydrogen-bond donors (Lipinski definition) is 2. The van der Waals surface area contributed by atoms with Gasteiger partial charge < -0.3 is 20.9 Å². The zero-order valence-corrected chi connectivity index (χ0v) is 15.3. The number of aromatic nitrogens is 2. The third-order valence-corrected chi connectivity index (χ3v) is 4.27. The predicted octanol–water partition coefficient (Wildman–Crippen LogP) is 3.10. The summed E-state index contributed by atoms with van der Waals surface area (Å²) in [5.74, 6) is 1.68. The molecule has 0 saturated heterocycles. The van der Waals surface area contributed by atoms with Gasteiger partial charge in [0.15, 0.2) is 11.5 Å². The molecule has 4 N–H and O–H groups in total. The highest BCUT2D eigenvalue weighted by molar-refractivity contribution is 7.98. The molecule has 0 radical (unpaired) electrons. The maximum absolute atomic E-state index is 5.72. The van der Waals surface area contributed by atoms with Crippen LogP contribution in [-0.2, 0) is 6.54 Å². The second kappa shape index (κ2) is 9.10. The molecule has 0 aliphatic rings. The van der Waals surface area contributed by atoms with E-state index in [9.17, 15) is 0 Å². The molecule has 132 valence electrons. The Labute approximate surface area is 151 Å². The summed E-state index contributed by atoms with van der Waals surface area (Å²) in [5, 5.41) is 0.759. The highest BCUT2D eigenvalue weighted by Gasteiger charge is 2.08. The number of fused-ring (bicyclic) bond motifs is 1. The molecule has 0 spiro atoms. The Morgan fingerprint density at radius 2 is 1.76 bits per heavy atom. The number of benzene rings is 2. The van der Waals surface area contributed by atoms with Crippen LogP contribution < -0.4 is 20.9 Å². The highest BCUT2D eigenvalue weighted by Crippen LogP contribution is 2.32. The monoisotopic (exact) mass is 358 g/mol. The number of ether oxygens (including phenoxy) is 2. The molecule has 7 heteroatoms. The maximum Gasteiger partial charge on any atom is 0.162 e. The molecule has 0 amide bonds. The average molecular weight is 358 g/mol. The van der Waals surface area contributed by atoms with Crippen molar-refractivity contribution in [3.63, 3.8) is 0 Å². The Bertz CT molecular complexity index is 823. The van der Waals surface area contributed by atoms with Gasteiger partial charge in [-0.1, -0.05) is 12.1 Å². The number of nitrogens with two attached hydrogens (primary N) is 2. The van der Waals surface area contributed by atoms with E-state index in [1.165, 1.54) is 16.8 Å². The Morgan fingerprint density at radius 3 is 2.40 bits per heavy atom. The van der Waals surface area contributed by atoms with Crippen LogP contribution in [0.2, 0.25) is 0 Å². The topological polar surface area (TPSA) is 96.3 Å². The summed E-state index contributed by atoms with van der Waals surface area (Å²) in [5.41, 5.74) is 13.1. The maximum atomic E-state index is 5.72. The largest absolute Gasteiger partial charge is 0.493 e. The lowest BCUT2D eigenvalue weighted by atomic mass is 10.2. The first-order chi connectivity index (χ1) is 12.1. The standard InChI is InChI=1S/C10H11N3O2.C8H11NS/c1-14-8-3-6-7(4-9(8)15-2)12-5-13-10(6)11;1-10-8-4-2-3-7(5-8)6-9/h3-5H,1-2H3,(H2,11,12,13);2-5H,6,9H2,1H3. The summed E-state index contributed by atoms with van der Waals surface area (Å²) in [4.78, 5) is 9.29. The van der Waals surface area contributed by atoms with Crippen molar-refractivity contribution < 1.29 is 9.47 Å². The Morgan fingerprint density at radius 1 is 1.04 bits per heavy atom. The van der Waals surface area contributed by atoms with Gasteiger partial charge in [-0.25, -0.2) is 9.97 Å². The molecule has 6 nitrogen and oxygen atoms in total. The van der Waals surface area contributed by atoms with Crippen molar-refractivity contribution in [1.82, 2.24) is 9.97 Å². The number of anilines is 1. The second-order valence-electron chi connectivity index (χ2n) is 5.04. The SMILES string of the molecule is COc1cc2ncnc(N)c2cc1OC.CSc1cccc(CN)c1. The van der Waals surface area contributed by atoms with Gasteiger partial charge in [-0.15, -0.1) is 11.8 Å². The van der Waals surface area contributed by atoms with Crippen molar-refractivity contribution in [3.8, 4) is 11.5 Å². The summed E-state index contributed by atoms with van der Waals surface area (Å²) >= 11 is 1.74. The summed E-state index contributed by atoms with van der Waals surface area (Å²) in [7, 11) is 3.15. The quantitative estimate of drug-likeness (QED) is 0.692. The van der Waals surface area contributed by atoms with E-state index < -0.39 is 0 Å². The minimum Gasteiger partial charge on any atom is -0.493 e. The van der Waals surface area contributed by atoms with Crippen molar-refractivity contribution in [2.45, 2.75) is 11.4 Å². The molecule has 1 aromatic heterocycles. The van der Waals surface area contributed by atoms with Crippen LogP contribution in [0.25, 0.3) is 10.9 Å². The van der Waals surface area contributed by atoms with Crippen LogP contribution in [0.5, 0.6) is 11.5 Å². The van der Waals surface area contributed by atoms with Crippen LogP contribution in [0.1, 0.15) is 5.56 Å². The van der Waals surface area contributed by atoms with E-state index in [1.54, 1.807) is 38.1 Å². The van der Waals surface area contributed by atoms with Crippen molar-refractivity contribution in [3.05, 3.63) is 48.3 Å². The zero-order chi connectivity index (χ0) is 18.2. The predicted molar refractivity (Wildman–Crippen MR) is 103 cm³/mol. The number of nitrogens with zero attached hydrogens (tertiary/aromatic N) is 2. The molecule has 0 aliphatic carbocycles. The molecule has 0 saturated carbocycles. The normalized spacial score (nSPS) is 10.1. The molecular formula is C18H22N4O2S. The van der Waals surface area contributed by atoms with Gasteiger partial charge in [0.2, 0.25) is 0 Å². The molecule has 2 aromatic carbocycles. The van der Waals surface area contributed by atoms with Crippen molar-refractivity contribution in [2.75, 3.05) is 26.2 Å². The number of hydrogen-bond acceptors (Lipinski definition) is 7. The fourth-order valence-corrected chi connectivity index (χ4v) is 2.69. The van der Waals surface area contributed by atoms with Gasteiger partial charge in [-0.3, -0.25) is 0 Å². The first kappa shape index (κ1) is 18.8. The van der Waals surface area contributed by atoms with Crippen LogP contribution in [0.15, 0.2) is 47.6 Å². The summed E-state index contributed by atoms with van der Waals surface area (Å²) < 4.78 is 10.3. The minimum atomic E-state index is 0.431. The molecular weight excluding hydrogens is 336 g/mol. The van der Waals surface area contributed by atoms with E-state index in [0.717, 1.165) is 10.9 Å². The van der Waals surface area contributed by atoms with Gasteiger partial charge in [-0.05, 0) is 30.0 Å². The number of rotatable bonds is 4. The lowest BCUT2D eigenvalue weighted by Gasteiger charge is -2.08. The van der Waals surface area contributed by atoms with E-state index >= 15 is 0 Å². The lowest BCUT2D eigenvalue weighted by Crippen LogP contribution is -1.96.